The molecule has 0 saturated carbocycles. The van der Waals surface area contributed by atoms with Crippen molar-refractivity contribution in [3.05, 3.63) is 61.2 Å². The van der Waals surface area contributed by atoms with Crippen molar-refractivity contribution in [3.63, 3.8) is 0 Å². The molecule has 0 aliphatic rings. The number of alkyl halides is 3. The Bertz CT molecular complexity index is 819. The number of nitrogens with zero attached hydrogens (tertiary/aromatic N) is 2. The Morgan fingerprint density at radius 2 is 1.41 bits per heavy atom. The number of rotatable bonds is 10. The monoisotopic (exact) mass is 408 g/mol. The highest BCUT2D eigenvalue weighted by Gasteiger charge is 2.30. The quantitative estimate of drug-likeness (QED) is 0.213. The summed E-state index contributed by atoms with van der Waals surface area (Å²) in [5, 5.41) is 7.98. The maximum Gasteiger partial charge on any atom is 0.573 e. The summed E-state index contributed by atoms with van der Waals surface area (Å²) < 4.78 is 50.6. The van der Waals surface area contributed by atoms with Gasteiger partial charge in [0.2, 0.25) is 0 Å². The third kappa shape index (κ3) is 8.91. The molecule has 2 aromatic rings. The SMILES string of the molecule is C=CC(=O)OCCCCOc1ccc(N=Nc2ccc(OC(F)(F)F)cc2)cc1. The van der Waals surface area contributed by atoms with E-state index in [1.165, 1.54) is 12.1 Å². The second-order valence-corrected chi connectivity index (χ2v) is 5.66. The molecule has 0 aliphatic heterocycles. The number of esters is 1. The van der Waals surface area contributed by atoms with Gasteiger partial charge in [0.15, 0.2) is 0 Å². The van der Waals surface area contributed by atoms with Crippen LogP contribution >= 0.6 is 0 Å². The van der Waals surface area contributed by atoms with E-state index in [0.717, 1.165) is 24.6 Å². The van der Waals surface area contributed by atoms with Gasteiger partial charge in [-0.2, -0.15) is 10.2 Å². The van der Waals surface area contributed by atoms with Crippen LogP contribution in [0.2, 0.25) is 0 Å². The topological polar surface area (TPSA) is 69.5 Å². The van der Waals surface area contributed by atoms with E-state index in [1.54, 1.807) is 24.3 Å². The van der Waals surface area contributed by atoms with E-state index in [4.69, 9.17) is 9.47 Å². The third-order valence-electron chi connectivity index (χ3n) is 3.41. The van der Waals surface area contributed by atoms with Gasteiger partial charge < -0.3 is 14.2 Å². The van der Waals surface area contributed by atoms with E-state index >= 15 is 0 Å². The lowest BCUT2D eigenvalue weighted by Crippen LogP contribution is -2.16. The van der Waals surface area contributed by atoms with Crippen LogP contribution in [0.3, 0.4) is 0 Å². The summed E-state index contributed by atoms with van der Waals surface area (Å²) in [6.45, 7) is 4.10. The average Bonchev–Trinajstić information content (AvgIpc) is 2.69. The van der Waals surface area contributed by atoms with Crippen molar-refractivity contribution in [1.29, 1.82) is 0 Å². The first-order valence-electron chi connectivity index (χ1n) is 8.65. The summed E-state index contributed by atoms with van der Waals surface area (Å²) in [7, 11) is 0. The predicted molar refractivity (Wildman–Crippen MR) is 99.6 cm³/mol. The highest BCUT2D eigenvalue weighted by molar-refractivity contribution is 5.81. The molecular weight excluding hydrogens is 389 g/mol. The Balaban J connectivity index is 1.75. The standard InChI is InChI=1S/C20H19F3N2O4/c1-2-19(26)28-14-4-3-13-27-17-9-5-15(6-10-17)24-25-16-7-11-18(12-8-16)29-20(21,22)23/h2,5-12H,1,3-4,13-14H2. The number of benzene rings is 2. The molecule has 0 aromatic heterocycles. The molecule has 0 amide bonds. The molecule has 0 spiro atoms. The first-order chi connectivity index (χ1) is 13.9. The van der Waals surface area contributed by atoms with E-state index in [9.17, 15) is 18.0 Å². The van der Waals surface area contributed by atoms with Crippen molar-refractivity contribution in [2.24, 2.45) is 10.2 Å². The van der Waals surface area contributed by atoms with Crippen LogP contribution in [0.25, 0.3) is 0 Å². The van der Waals surface area contributed by atoms with Crippen LogP contribution in [0, 0.1) is 0 Å². The predicted octanol–water partition coefficient (Wildman–Crippen LogP) is 5.89. The van der Waals surface area contributed by atoms with Crippen LogP contribution in [0.1, 0.15) is 12.8 Å². The fourth-order valence-corrected chi connectivity index (χ4v) is 2.06. The Morgan fingerprint density at radius 1 is 0.897 bits per heavy atom. The minimum Gasteiger partial charge on any atom is -0.494 e. The maximum atomic E-state index is 12.1. The molecule has 2 rings (SSSR count). The fraction of sp³-hybridized carbons (Fsp3) is 0.250. The number of halogens is 3. The first kappa shape index (κ1) is 21.9. The van der Waals surface area contributed by atoms with Crippen molar-refractivity contribution < 1.29 is 32.2 Å². The van der Waals surface area contributed by atoms with Crippen molar-refractivity contribution in [1.82, 2.24) is 0 Å². The van der Waals surface area contributed by atoms with Gasteiger partial charge in [-0.1, -0.05) is 6.58 Å². The highest BCUT2D eigenvalue weighted by Crippen LogP contribution is 2.26. The molecule has 9 heteroatoms. The second-order valence-electron chi connectivity index (χ2n) is 5.66. The van der Waals surface area contributed by atoms with Crippen molar-refractivity contribution in [2.75, 3.05) is 13.2 Å². The summed E-state index contributed by atoms with van der Waals surface area (Å²) in [5.41, 5.74) is 0.946. The largest absolute Gasteiger partial charge is 0.573 e. The van der Waals surface area contributed by atoms with Crippen molar-refractivity contribution >= 4 is 17.3 Å². The molecule has 29 heavy (non-hydrogen) atoms. The lowest BCUT2D eigenvalue weighted by atomic mass is 10.3. The molecular formula is C20H19F3N2O4. The minimum absolute atomic E-state index is 0.316. The van der Waals surface area contributed by atoms with E-state index < -0.39 is 12.3 Å². The highest BCUT2D eigenvalue weighted by atomic mass is 19.4. The normalized spacial score (nSPS) is 11.3. The van der Waals surface area contributed by atoms with E-state index in [1.807, 2.05) is 0 Å². The van der Waals surface area contributed by atoms with E-state index in [2.05, 4.69) is 21.5 Å². The number of unbranched alkanes of at least 4 members (excludes halogenated alkanes) is 1. The molecule has 0 aliphatic carbocycles. The molecule has 0 N–H and O–H groups in total. The number of azo groups is 1. The van der Waals surface area contributed by atoms with Gasteiger partial charge in [-0.25, -0.2) is 4.79 Å². The lowest BCUT2D eigenvalue weighted by molar-refractivity contribution is -0.274. The third-order valence-corrected chi connectivity index (χ3v) is 3.41. The zero-order valence-corrected chi connectivity index (χ0v) is 15.4. The van der Waals surface area contributed by atoms with Crippen LogP contribution in [0.4, 0.5) is 24.5 Å². The molecule has 0 heterocycles. The maximum absolute atomic E-state index is 12.1. The Morgan fingerprint density at radius 3 is 1.93 bits per heavy atom. The van der Waals surface area contributed by atoms with Crippen molar-refractivity contribution in [3.8, 4) is 11.5 Å². The van der Waals surface area contributed by atoms with Crippen LogP contribution < -0.4 is 9.47 Å². The zero-order chi connectivity index (χ0) is 21.1. The number of hydrogen-bond donors (Lipinski definition) is 0. The van der Waals surface area contributed by atoms with Crippen LogP contribution in [0.5, 0.6) is 11.5 Å². The Labute approximate surface area is 165 Å². The van der Waals surface area contributed by atoms with Crippen molar-refractivity contribution in [2.45, 2.75) is 19.2 Å². The summed E-state index contributed by atoms with van der Waals surface area (Å²) in [5.74, 6) is -0.112. The summed E-state index contributed by atoms with van der Waals surface area (Å²) in [4.78, 5) is 10.9. The fourth-order valence-electron chi connectivity index (χ4n) is 2.06. The molecule has 154 valence electrons. The minimum atomic E-state index is -4.73. The van der Waals surface area contributed by atoms with Gasteiger partial charge in [0, 0.05) is 6.08 Å². The zero-order valence-electron chi connectivity index (χ0n) is 15.4. The number of hydrogen-bond acceptors (Lipinski definition) is 6. The van der Waals surface area contributed by atoms with Crippen LogP contribution in [0.15, 0.2) is 71.4 Å². The van der Waals surface area contributed by atoms with Gasteiger partial charge in [-0.15, -0.1) is 13.2 Å². The average molecular weight is 408 g/mol. The van der Waals surface area contributed by atoms with Gasteiger partial charge in [0.05, 0.1) is 24.6 Å². The van der Waals surface area contributed by atoms with Gasteiger partial charge >= 0.3 is 12.3 Å². The molecule has 0 saturated heterocycles. The molecule has 0 unspecified atom stereocenters. The molecule has 6 nitrogen and oxygen atoms in total. The van der Waals surface area contributed by atoms with Gasteiger partial charge in [0.25, 0.3) is 0 Å². The summed E-state index contributed by atoms with van der Waals surface area (Å²) >= 11 is 0. The molecule has 0 radical (unpaired) electrons. The molecule has 0 atom stereocenters. The smallest absolute Gasteiger partial charge is 0.494 e. The van der Waals surface area contributed by atoms with Crippen LogP contribution in [-0.4, -0.2) is 25.5 Å². The van der Waals surface area contributed by atoms with Gasteiger partial charge in [-0.05, 0) is 61.4 Å². The molecule has 2 aromatic carbocycles. The lowest BCUT2D eigenvalue weighted by Gasteiger charge is -2.08. The van der Waals surface area contributed by atoms with E-state index in [-0.39, 0.29) is 5.75 Å². The first-order valence-corrected chi connectivity index (χ1v) is 8.65. The number of ether oxygens (including phenoxy) is 3. The Kier molecular flexibility index (Phi) is 8.20. The van der Waals surface area contributed by atoms with Gasteiger partial charge in [0.1, 0.15) is 11.5 Å². The molecule has 0 fully saturated rings. The molecule has 0 bridgehead atoms. The number of carbonyl (C=O) groups excluding carboxylic acids is 1. The summed E-state index contributed by atoms with van der Waals surface area (Å²) in [6.07, 6.45) is -2.21. The van der Waals surface area contributed by atoms with Gasteiger partial charge in [-0.3, -0.25) is 0 Å². The second kappa shape index (κ2) is 10.8. The van der Waals surface area contributed by atoms with E-state index in [0.29, 0.717) is 36.8 Å². The van der Waals surface area contributed by atoms with Crippen LogP contribution in [-0.2, 0) is 9.53 Å². The Hall–Kier alpha value is -3.36. The number of carbonyl (C=O) groups is 1. The summed E-state index contributed by atoms with van der Waals surface area (Å²) in [6, 6.07) is 11.9.